The minimum absolute atomic E-state index is 0.0670. The second-order valence-electron chi connectivity index (χ2n) is 7.81. The number of anilines is 1. The number of aromatic nitrogens is 1. The standard InChI is InChI=1S/C24H21N3O6S/c28-23(25-13-12-16-6-2-1-3-7-16)22-15-27(19-8-4-5-9-20(19)32-22)34(30,31)17-10-11-18-21(14-17)33-24(29)26-18/h1-11,14,22H,12-13,15H2,(H,25,28)(H,26,29)/t22-/m1/s1. The smallest absolute Gasteiger partial charge is 0.417 e. The Morgan fingerprint density at radius 1 is 1.06 bits per heavy atom. The summed E-state index contributed by atoms with van der Waals surface area (Å²) >= 11 is 0. The van der Waals surface area contributed by atoms with Gasteiger partial charge in [0.05, 0.1) is 22.6 Å². The summed E-state index contributed by atoms with van der Waals surface area (Å²) in [5.41, 5.74) is 1.92. The minimum Gasteiger partial charge on any atom is -0.476 e. The summed E-state index contributed by atoms with van der Waals surface area (Å²) in [5.74, 6) is -0.791. The van der Waals surface area contributed by atoms with E-state index in [0.29, 0.717) is 24.2 Å². The molecule has 1 aliphatic heterocycles. The predicted molar refractivity (Wildman–Crippen MR) is 125 cm³/mol. The molecule has 0 spiro atoms. The Morgan fingerprint density at radius 3 is 2.65 bits per heavy atom. The Morgan fingerprint density at radius 2 is 1.82 bits per heavy atom. The molecule has 2 N–H and O–H groups in total. The quantitative estimate of drug-likeness (QED) is 0.438. The molecule has 9 nitrogen and oxygen atoms in total. The van der Waals surface area contributed by atoms with Gasteiger partial charge in [-0.05, 0) is 36.2 Å². The highest BCUT2D eigenvalue weighted by molar-refractivity contribution is 7.92. The van der Waals surface area contributed by atoms with Crippen LogP contribution in [0.15, 0.2) is 86.9 Å². The summed E-state index contributed by atoms with van der Waals surface area (Å²) in [6.07, 6.45) is -0.394. The maximum Gasteiger partial charge on any atom is 0.417 e. The average molecular weight is 480 g/mol. The Hall–Kier alpha value is -4.05. The maximum absolute atomic E-state index is 13.6. The van der Waals surface area contributed by atoms with Crippen molar-refractivity contribution < 1.29 is 22.4 Å². The van der Waals surface area contributed by atoms with Crippen molar-refractivity contribution in [2.24, 2.45) is 0 Å². The highest BCUT2D eigenvalue weighted by atomic mass is 32.2. The molecule has 174 valence electrons. The van der Waals surface area contributed by atoms with Gasteiger partial charge in [-0.15, -0.1) is 0 Å². The largest absolute Gasteiger partial charge is 0.476 e. The summed E-state index contributed by atoms with van der Waals surface area (Å²) in [6, 6.07) is 20.5. The van der Waals surface area contributed by atoms with E-state index in [2.05, 4.69) is 10.3 Å². The Labute approximate surface area is 195 Å². The van der Waals surface area contributed by atoms with Gasteiger partial charge >= 0.3 is 5.76 Å². The number of carbonyl (C=O) groups is 1. The van der Waals surface area contributed by atoms with Crippen LogP contribution in [0.4, 0.5) is 5.69 Å². The van der Waals surface area contributed by atoms with Crippen LogP contribution in [0, 0.1) is 0 Å². The number of amides is 1. The lowest BCUT2D eigenvalue weighted by molar-refractivity contribution is -0.127. The molecule has 1 aromatic heterocycles. The van der Waals surface area contributed by atoms with Gasteiger partial charge in [-0.3, -0.25) is 14.1 Å². The molecule has 2 heterocycles. The van der Waals surface area contributed by atoms with Crippen molar-refractivity contribution in [2.45, 2.75) is 17.4 Å². The molecule has 4 aromatic rings. The highest BCUT2D eigenvalue weighted by Gasteiger charge is 2.37. The van der Waals surface area contributed by atoms with E-state index in [9.17, 15) is 18.0 Å². The average Bonchev–Trinajstić information content (AvgIpc) is 3.23. The van der Waals surface area contributed by atoms with Crippen LogP contribution in [0.5, 0.6) is 5.75 Å². The third-order valence-corrected chi connectivity index (χ3v) is 7.34. The Bertz CT molecular complexity index is 1510. The van der Waals surface area contributed by atoms with Crippen LogP contribution in [0.3, 0.4) is 0 Å². The lowest BCUT2D eigenvalue weighted by atomic mass is 10.1. The molecule has 10 heteroatoms. The zero-order valence-electron chi connectivity index (χ0n) is 17.9. The number of H-pyrrole nitrogens is 1. The number of benzene rings is 3. The molecule has 0 unspecified atom stereocenters. The van der Waals surface area contributed by atoms with Crippen molar-refractivity contribution in [1.29, 1.82) is 0 Å². The van der Waals surface area contributed by atoms with E-state index < -0.39 is 27.8 Å². The number of nitrogens with one attached hydrogen (secondary N) is 2. The molecular weight excluding hydrogens is 458 g/mol. The second-order valence-corrected chi connectivity index (χ2v) is 9.67. The molecule has 0 fully saturated rings. The van der Waals surface area contributed by atoms with E-state index in [1.54, 1.807) is 24.3 Å². The van der Waals surface area contributed by atoms with Crippen LogP contribution in [0.1, 0.15) is 5.56 Å². The van der Waals surface area contributed by atoms with Crippen LogP contribution < -0.4 is 20.1 Å². The molecule has 1 aliphatic rings. The van der Waals surface area contributed by atoms with Crippen LogP contribution >= 0.6 is 0 Å². The third-order valence-electron chi connectivity index (χ3n) is 5.56. The zero-order valence-corrected chi connectivity index (χ0v) is 18.7. The van der Waals surface area contributed by atoms with E-state index in [1.165, 1.54) is 18.2 Å². The summed E-state index contributed by atoms with van der Waals surface area (Å²) in [7, 11) is -4.09. The molecule has 1 atom stereocenters. The predicted octanol–water partition coefficient (Wildman–Crippen LogP) is 2.44. The number of aromatic amines is 1. The summed E-state index contributed by atoms with van der Waals surface area (Å²) in [4.78, 5) is 26.8. The fourth-order valence-corrected chi connectivity index (χ4v) is 5.36. The van der Waals surface area contributed by atoms with E-state index in [0.717, 1.165) is 9.87 Å². The highest BCUT2D eigenvalue weighted by Crippen LogP contribution is 2.37. The number of hydrogen-bond acceptors (Lipinski definition) is 6. The van der Waals surface area contributed by atoms with Crippen LogP contribution in [0.25, 0.3) is 11.1 Å². The zero-order chi connectivity index (χ0) is 23.7. The molecule has 5 rings (SSSR count). The number of hydrogen-bond donors (Lipinski definition) is 2. The summed E-state index contributed by atoms with van der Waals surface area (Å²) in [5, 5.41) is 2.83. The van der Waals surface area contributed by atoms with Gasteiger partial charge in [-0.2, -0.15) is 0 Å². The van der Waals surface area contributed by atoms with Gasteiger partial charge in [0.2, 0.25) is 0 Å². The number of fused-ring (bicyclic) bond motifs is 2. The first kappa shape index (κ1) is 21.8. The van der Waals surface area contributed by atoms with Crippen molar-refractivity contribution in [3.8, 4) is 5.75 Å². The normalized spacial score (nSPS) is 15.5. The molecule has 0 bridgehead atoms. The van der Waals surface area contributed by atoms with Crippen molar-refractivity contribution in [3.05, 3.63) is 88.9 Å². The van der Waals surface area contributed by atoms with Crippen LogP contribution in [0.2, 0.25) is 0 Å². The number of para-hydroxylation sites is 2. The number of ether oxygens (including phenoxy) is 1. The van der Waals surface area contributed by atoms with Crippen molar-refractivity contribution in [1.82, 2.24) is 10.3 Å². The number of carbonyl (C=O) groups excluding carboxylic acids is 1. The second kappa shape index (κ2) is 8.71. The fraction of sp³-hybridized carbons (Fsp3) is 0.167. The summed E-state index contributed by atoms with van der Waals surface area (Å²) in [6.45, 7) is 0.186. The minimum atomic E-state index is -4.09. The molecule has 0 saturated heterocycles. The first-order valence-corrected chi connectivity index (χ1v) is 12.1. The van der Waals surface area contributed by atoms with Gasteiger partial charge in [0.15, 0.2) is 11.7 Å². The first-order chi connectivity index (χ1) is 16.4. The maximum atomic E-state index is 13.6. The van der Waals surface area contributed by atoms with Gasteiger partial charge in [0.25, 0.3) is 15.9 Å². The fourth-order valence-electron chi connectivity index (χ4n) is 3.87. The first-order valence-electron chi connectivity index (χ1n) is 10.6. The third kappa shape index (κ3) is 4.15. The van der Waals surface area contributed by atoms with Gasteiger partial charge in [0, 0.05) is 12.6 Å². The molecule has 0 radical (unpaired) electrons. The Balaban J connectivity index is 1.40. The van der Waals surface area contributed by atoms with E-state index in [4.69, 9.17) is 9.15 Å². The Kier molecular flexibility index (Phi) is 5.58. The molecular formula is C24H21N3O6S. The number of rotatable bonds is 6. The number of sulfonamides is 1. The van der Waals surface area contributed by atoms with E-state index in [-0.39, 0.29) is 22.8 Å². The lowest BCUT2D eigenvalue weighted by Gasteiger charge is -2.34. The van der Waals surface area contributed by atoms with Gasteiger partial charge in [-0.1, -0.05) is 42.5 Å². The van der Waals surface area contributed by atoms with Crippen molar-refractivity contribution >= 4 is 32.7 Å². The lowest BCUT2D eigenvalue weighted by Crippen LogP contribution is -2.51. The van der Waals surface area contributed by atoms with Crippen molar-refractivity contribution in [3.63, 3.8) is 0 Å². The van der Waals surface area contributed by atoms with Crippen LogP contribution in [-0.2, 0) is 21.2 Å². The van der Waals surface area contributed by atoms with Gasteiger partial charge < -0.3 is 14.5 Å². The number of oxazole rings is 1. The van der Waals surface area contributed by atoms with E-state index >= 15 is 0 Å². The SMILES string of the molecule is O=C(NCCc1ccccc1)[C@H]1CN(S(=O)(=O)c2ccc3[nH]c(=O)oc3c2)c2ccccc2O1. The molecule has 0 saturated carbocycles. The molecule has 3 aromatic carbocycles. The summed E-state index contributed by atoms with van der Waals surface area (Å²) < 4.78 is 39.2. The molecule has 0 aliphatic carbocycles. The topological polar surface area (TPSA) is 122 Å². The van der Waals surface area contributed by atoms with Crippen molar-refractivity contribution in [2.75, 3.05) is 17.4 Å². The van der Waals surface area contributed by atoms with Gasteiger partial charge in [0.1, 0.15) is 5.75 Å². The van der Waals surface area contributed by atoms with Gasteiger partial charge in [-0.25, -0.2) is 13.2 Å². The van der Waals surface area contributed by atoms with Crippen LogP contribution in [-0.4, -0.2) is 38.5 Å². The molecule has 34 heavy (non-hydrogen) atoms. The monoisotopic (exact) mass is 479 g/mol. The molecule has 1 amide bonds. The van der Waals surface area contributed by atoms with E-state index in [1.807, 2.05) is 30.3 Å². The number of nitrogens with zero attached hydrogens (tertiary/aromatic N) is 1.